The molecule has 1 aromatic carbocycles. The van der Waals surface area contributed by atoms with Crippen LogP contribution < -0.4 is 5.73 Å². The summed E-state index contributed by atoms with van der Waals surface area (Å²) in [5.41, 5.74) is 8.17. The Hall–Kier alpha value is -1.06. The molecule has 1 aromatic rings. The summed E-state index contributed by atoms with van der Waals surface area (Å²) in [6, 6.07) is 5.46. The maximum Gasteiger partial charge on any atom is 0.181 e. The first-order valence-corrected chi connectivity index (χ1v) is 4.28. The second kappa shape index (κ2) is 4.25. The highest BCUT2D eigenvalue weighted by atomic mass is 16.6. The van der Waals surface area contributed by atoms with Crippen LogP contribution in [-0.4, -0.2) is 12.2 Å². The van der Waals surface area contributed by atoms with Crippen molar-refractivity contribution in [2.45, 2.75) is 19.6 Å². The maximum absolute atomic E-state index is 9.49. The largest absolute Gasteiger partial charge is 0.398 e. The van der Waals surface area contributed by atoms with Crippen LogP contribution in [0.25, 0.3) is 0 Å². The van der Waals surface area contributed by atoms with Gasteiger partial charge in [-0.05, 0) is 18.1 Å². The first kappa shape index (κ1) is 10.0. The molecule has 0 radical (unpaired) electrons. The Labute approximate surface area is 78.1 Å². The zero-order valence-electron chi connectivity index (χ0n) is 7.95. The van der Waals surface area contributed by atoms with E-state index in [-0.39, 0.29) is 0 Å². The topological polar surface area (TPSA) is 55.5 Å². The number of rotatable bonds is 3. The Kier molecular flexibility index (Phi) is 3.28. The van der Waals surface area contributed by atoms with E-state index in [9.17, 15) is 5.11 Å². The Morgan fingerprint density at radius 2 is 2.23 bits per heavy atom. The smallest absolute Gasteiger partial charge is 0.181 e. The minimum Gasteiger partial charge on any atom is -0.398 e. The van der Waals surface area contributed by atoms with Gasteiger partial charge in [0.2, 0.25) is 0 Å². The highest BCUT2D eigenvalue weighted by Gasteiger charge is 2.11. The third-order valence-corrected chi connectivity index (χ3v) is 2.09. The standard InChI is InChI=1S/C10H15NO2/c1-3-7-8(10(12)13-2)5-4-6-9(7)11/h4-6,10,12H,3,11H2,1-2H3. The van der Waals surface area contributed by atoms with E-state index in [2.05, 4.69) is 0 Å². The minimum atomic E-state index is -0.876. The van der Waals surface area contributed by atoms with Crippen LogP contribution in [0.2, 0.25) is 0 Å². The summed E-state index contributed by atoms with van der Waals surface area (Å²) >= 11 is 0. The second-order valence-electron chi connectivity index (χ2n) is 2.86. The van der Waals surface area contributed by atoms with Crippen molar-refractivity contribution >= 4 is 5.69 Å². The van der Waals surface area contributed by atoms with Crippen molar-refractivity contribution in [3.63, 3.8) is 0 Å². The van der Waals surface area contributed by atoms with E-state index in [1.54, 1.807) is 0 Å². The van der Waals surface area contributed by atoms with Gasteiger partial charge in [-0.3, -0.25) is 0 Å². The van der Waals surface area contributed by atoms with Crippen molar-refractivity contribution in [1.29, 1.82) is 0 Å². The van der Waals surface area contributed by atoms with Crippen molar-refractivity contribution in [2.24, 2.45) is 0 Å². The number of nitrogens with two attached hydrogens (primary N) is 1. The summed E-state index contributed by atoms with van der Waals surface area (Å²) in [7, 11) is 1.47. The Morgan fingerprint density at radius 3 is 2.77 bits per heavy atom. The molecular formula is C10H15NO2. The lowest BCUT2D eigenvalue weighted by Crippen LogP contribution is -2.05. The summed E-state index contributed by atoms with van der Waals surface area (Å²) in [5.74, 6) is 0. The Balaban J connectivity index is 3.12. The molecule has 0 aliphatic carbocycles. The summed E-state index contributed by atoms with van der Waals surface area (Å²) < 4.78 is 4.83. The maximum atomic E-state index is 9.49. The number of anilines is 1. The van der Waals surface area contributed by atoms with Crippen LogP contribution in [0.3, 0.4) is 0 Å². The van der Waals surface area contributed by atoms with E-state index in [4.69, 9.17) is 10.5 Å². The zero-order chi connectivity index (χ0) is 9.84. The number of aliphatic hydroxyl groups is 1. The molecule has 1 unspecified atom stereocenters. The third kappa shape index (κ3) is 1.99. The van der Waals surface area contributed by atoms with E-state index in [0.717, 1.165) is 17.5 Å². The van der Waals surface area contributed by atoms with Gasteiger partial charge in [-0.1, -0.05) is 19.1 Å². The molecular weight excluding hydrogens is 166 g/mol. The molecule has 0 saturated heterocycles. The number of hydrogen-bond donors (Lipinski definition) is 2. The quantitative estimate of drug-likeness (QED) is 0.548. The number of methoxy groups -OCH3 is 1. The summed E-state index contributed by atoms with van der Waals surface area (Å²) in [5, 5.41) is 9.49. The van der Waals surface area contributed by atoms with Crippen molar-refractivity contribution in [3.05, 3.63) is 29.3 Å². The number of nitrogen functional groups attached to an aromatic ring is 1. The first-order valence-electron chi connectivity index (χ1n) is 4.28. The molecule has 3 nitrogen and oxygen atoms in total. The zero-order valence-corrected chi connectivity index (χ0v) is 7.95. The molecule has 0 saturated carbocycles. The van der Waals surface area contributed by atoms with Crippen LogP contribution in [0.4, 0.5) is 5.69 Å². The van der Waals surface area contributed by atoms with Gasteiger partial charge < -0.3 is 15.6 Å². The van der Waals surface area contributed by atoms with Crippen LogP contribution in [0, 0.1) is 0 Å². The Bertz CT molecular complexity index is 286. The van der Waals surface area contributed by atoms with Gasteiger partial charge in [0.1, 0.15) is 0 Å². The average Bonchev–Trinajstić information content (AvgIpc) is 2.16. The third-order valence-electron chi connectivity index (χ3n) is 2.09. The normalized spacial score (nSPS) is 12.8. The van der Waals surface area contributed by atoms with E-state index < -0.39 is 6.29 Å². The van der Waals surface area contributed by atoms with E-state index in [1.165, 1.54) is 7.11 Å². The monoisotopic (exact) mass is 181 g/mol. The van der Waals surface area contributed by atoms with Crippen molar-refractivity contribution < 1.29 is 9.84 Å². The summed E-state index contributed by atoms with van der Waals surface area (Å²) in [6.45, 7) is 2.00. The number of ether oxygens (including phenoxy) is 1. The molecule has 0 aromatic heterocycles. The van der Waals surface area contributed by atoms with Gasteiger partial charge in [0.25, 0.3) is 0 Å². The molecule has 0 fully saturated rings. The molecule has 1 atom stereocenters. The molecule has 0 aliphatic heterocycles. The van der Waals surface area contributed by atoms with Gasteiger partial charge in [0, 0.05) is 18.4 Å². The van der Waals surface area contributed by atoms with Crippen LogP contribution in [0.1, 0.15) is 24.3 Å². The van der Waals surface area contributed by atoms with Crippen molar-refractivity contribution in [3.8, 4) is 0 Å². The van der Waals surface area contributed by atoms with Gasteiger partial charge in [-0.2, -0.15) is 0 Å². The molecule has 13 heavy (non-hydrogen) atoms. The fourth-order valence-electron chi connectivity index (χ4n) is 1.39. The van der Waals surface area contributed by atoms with Gasteiger partial charge >= 0.3 is 0 Å². The molecule has 3 N–H and O–H groups in total. The fraction of sp³-hybridized carbons (Fsp3) is 0.400. The molecule has 1 rings (SSSR count). The van der Waals surface area contributed by atoms with Crippen LogP contribution >= 0.6 is 0 Å². The molecule has 0 heterocycles. The lowest BCUT2D eigenvalue weighted by Gasteiger charge is -2.14. The molecule has 0 bridgehead atoms. The molecule has 0 aliphatic rings. The van der Waals surface area contributed by atoms with Crippen LogP contribution in [-0.2, 0) is 11.2 Å². The van der Waals surface area contributed by atoms with E-state index in [1.807, 2.05) is 25.1 Å². The number of hydrogen-bond acceptors (Lipinski definition) is 3. The Morgan fingerprint density at radius 1 is 1.54 bits per heavy atom. The van der Waals surface area contributed by atoms with E-state index >= 15 is 0 Å². The molecule has 0 amide bonds. The number of aliphatic hydroxyl groups excluding tert-OH is 1. The van der Waals surface area contributed by atoms with Gasteiger partial charge in [-0.15, -0.1) is 0 Å². The summed E-state index contributed by atoms with van der Waals surface area (Å²) in [4.78, 5) is 0. The fourth-order valence-corrected chi connectivity index (χ4v) is 1.39. The van der Waals surface area contributed by atoms with Crippen LogP contribution in [0.15, 0.2) is 18.2 Å². The highest BCUT2D eigenvalue weighted by molar-refractivity contribution is 5.51. The first-order chi connectivity index (χ1) is 6.20. The van der Waals surface area contributed by atoms with Crippen molar-refractivity contribution in [1.82, 2.24) is 0 Å². The predicted molar refractivity (Wildman–Crippen MR) is 52.2 cm³/mol. The molecule has 72 valence electrons. The number of benzene rings is 1. The molecule has 0 spiro atoms. The highest BCUT2D eigenvalue weighted by Crippen LogP contribution is 2.23. The van der Waals surface area contributed by atoms with Crippen LogP contribution in [0.5, 0.6) is 0 Å². The van der Waals surface area contributed by atoms with E-state index in [0.29, 0.717) is 5.69 Å². The lowest BCUT2D eigenvalue weighted by atomic mass is 10.0. The average molecular weight is 181 g/mol. The van der Waals surface area contributed by atoms with Gasteiger partial charge in [0.05, 0.1) is 0 Å². The predicted octanol–water partition coefficient (Wildman–Crippen LogP) is 1.47. The SMILES string of the molecule is CCc1c(N)cccc1C(O)OC. The lowest BCUT2D eigenvalue weighted by molar-refractivity contribution is -0.0774. The van der Waals surface area contributed by atoms with Crippen molar-refractivity contribution in [2.75, 3.05) is 12.8 Å². The summed E-state index contributed by atoms with van der Waals surface area (Å²) in [6.07, 6.45) is -0.0824. The molecule has 3 heteroatoms. The minimum absolute atomic E-state index is 0.705. The second-order valence-corrected chi connectivity index (χ2v) is 2.86. The van der Waals surface area contributed by atoms with Gasteiger partial charge in [-0.25, -0.2) is 0 Å². The van der Waals surface area contributed by atoms with Gasteiger partial charge in [0.15, 0.2) is 6.29 Å².